The van der Waals surface area contributed by atoms with Crippen LogP contribution in [-0.2, 0) is 20.0 Å². The third kappa shape index (κ3) is 2.35. The van der Waals surface area contributed by atoms with Gasteiger partial charge in [-0.1, -0.05) is 0 Å². The molecule has 0 saturated heterocycles. The standard InChI is InChI=1S/C15H18BrN3O/c1-10-15(16)13(18(2)17-10)9-19-7-11-5-3-4-6-14(20)12(11)8-19/h7-8H,3-6,9H2,1-2H3. The number of carbonyl (C=O) groups excluding carboxylic acids is 1. The van der Waals surface area contributed by atoms with Gasteiger partial charge in [-0.3, -0.25) is 9.48 Å². The average molecular weight is 336 g/mol. The van der Waals surface area contributed by atoms with Gasteiger partial charge >= 0.3 is 0 Å². The Balaban J connectivity index is 1.92. The summed E-state index contributed by atoms with van der Waals surface area (Å²) in [5.41, 5.74) is 4.23. The number of carbonyl (C=O) groups is 1. The van der Waals surface area contributed by atoms with E-state index in [2.05, 4.69) is 31.8 Å². The lowest BCUT2D eigenvalue weighted by molar-refractivity contribution is 0.0982. The van der Waals surface area contributed by atoms with Crippen molar-refractivity contribution in [2.75, 3.05) is 0 Å². The van der Waals surface area contributed by atoms with E-state index in [1.165, 1.54) is 5.56 Å². The molecular weight excluding hydrogens is 318 g/mol. The topological polar surface area (TPSA) is 39.8 Å². The fraction of sp³-hybridized carbons (Fsp3) is 0.467. The largest absolute Gasteiger partial charge is 0.347 e. The van der Waals surface area contributed by atoms with Gasteiger partial charge < -0.3 is 4.57 Å². The van der Waals surface area contributed by atoms with Crippen LogP contribution in [0.3, 0.4) is 0 Å². The van der Waals surface area contributed by atoms with E-state index in [4.69, 9.17) is 0 Å². The second kappa shape index (κ2) is 5.20. The van der Waals surface area contributed by atoms with Crippen LogP contribution in [0.4, 0.5) is 0 Å². The maximum atomic E-state index is 12.1. The summed E-state index contributed by atoms with van der Waals surface area (Å²) < 4.78 is 5.05. The highest BCUT2D eigenvalue weighted by Crippen LogP contribution is 2.24. The summed E-state index contributed by atoms with van der Waals surface area (Å²) in [6.07, 6.45) is 7.94. The van der Waals surface area contributed by atoms with Gasteiger partial charge in [-0.05, 0) is 47.7 Å². The van der Waals surface area contributed by atoms with E-state index in [0.29, 0.717) is 6.42 Å². The lowest BCUT2D eigenvalue weighted by Gasteiger charge is -2.05. The Morgan fingerprint density at radius 3 is 2.75 bits per heavy atom. The zero-order chi connectivity index (χ0) is 14.3. The van der Waals surface area contributed by atoms with Gasteiger partial charge in [0.05, 0.1) is 22.4 Å². The minimum Gasteiger partial charge on any atom is -0.347 e. The van der Waals surface area contributed by atoms with E-state index >= 15 is 0 Å². The smallest absolute Gasteiger partial charge is 0.164 e. The highest BCUT2D eigenvalue weighted by molar-refractivity contribution is 9.10. The third-order valence-corrected chi connectivity index (χ3v) is 4.99. The number of aromatic nitrogens is 3. The van der Waals surface area contributed by atoms with Crippen molar-refractivity contribution < 1.29 is 4.79 Å². The first-order chi connectivity index (χ1) is 9.56. The molecule has 0 fully saturated rings. The summed E-state index contributed by atoms with van der Waals surface area (Å²) in [6, 6.07) is 0. The number of aryl methyl sites for hydroxylation is 3. The summed E-state index contributed by atoms with van der Waals surface area (Å²) in [6.45, 7) is 2.72. The molecule has 0 amide bonds. The Kier molecular flexibility index (Phi) is 3.54. The Bertz CT molecular complexity index is 669. The zero-order valence-corrected chi connectivity index (χ0v) is 13.4. The molecule has 0 bridgehead atoms. The van der Waals surface area contributed by atoms with Crippen LogP contribution < -0.4 is 0 Å². The number of fused-ring (bicyclic) bond motifs is 1. The minimum atomic E-state index is 0.288. The van der Waals surface area contributed by atoms with E-state index in [-0.39, 0.29) is 5.78 Å². The van der Waals surface area contributed by atoms with Gasteiger partial charge in [-0.2, -0.15) is 5.10 Å². The number of halogens is 1. The van der Waals surface area contributed by atoms with E-state index in [0.717, 1.165) is 47.2 Å². The first-order valence-corrected chi connectivity index (χ1v) is 7.75. The molecular formula is C15H18BrN3O. The van der Waals surface area contributed by atoms with Crippen LogP contribution in [0.15, 0.2) is 16.9 Å². The van der Waals surface area contributed by atoms with Crippen molar-refractivity contribution in [3.05, 3.63) is 39.4 Å². The van der Waals surface area contributed by atoms with Gasteiger partial charge in [0.25, 0.3) is 0 Å². The van der Waals surface area contributed by atoms with Gasteiger partial charge in [0.1, 0.15) is 0 Å². The first kappa shape index (κ1) is 13.6. The molecule has 2 aromatic heterocycles. The van der Waals surface area contributed by atoms with Crippen LogP contribution in [0.2, 0.25) is 0 Å². The molecule has 0 atom stereocenters. The molecule has 0 unspecified atom stereocenters. The molecule has 106 valence electrons. The molecule has 5 heteroatoms. The molecule has 3 rings (SSSR count). The molecule has 0 N–H and O–H groups in total. The number of Topliss-reactive ketones (excluding diaryl/α,β-unsaturated/α-hetero) is 1. The van der Waals surface area contributed by atoms with Gasteiger partial charge in [0, 0.05) is 31.4 Å². The number of nitrogens with zero attached hydrogens (tertiary/aromatic N) is 3. The lowest BCUT2D eigenvalue weighted by atomic mass is 10.1. The fourth-order valence-corrected chi connectivity index (χ4v) is 3.32. The first-order valence-electron chi connectivity index (χ1n) is 6.96. The second-order valence-corrected chi connectivity index (χ2v) is 6.26. The SMILES string of the molecule is Cc1nn(C)c(Cn2cc3c(c2)C(=O)CCCC3)c1Br. The van der Waals surface area contributed by atoms with E-state index in [1.54, 1.807) is 0 Å². The molecule has 1 aliphatic rings. The zero-order valence-electron chi connectivity index (χ0n) is 11.8. The second-order valence-electron chi connectivity index (χ2n) is 5.47. The van der Waals surface area contributed by atoms with Gasteiger partial charge in [-0.15, -0.1) is 0 Å². The summed E-state index contributed by atoms with van der Waals surface area (Å²) >= 11 is 3.59. The van der Waals surface area contributed by atoms with Crippen molar-refractivity contribution in [3.8, 4) is 0 Å². The average Bonchev–Trinajstić information content (AvgIpc) is 2.86. The number of ketones is 1. The summed E-state index contributed by atoms with van der Waals surface area (Å²) in [7, 11) is 1.95. The normalized spacial score (nSPS) is 15.2. The Morgan fingerprint density at radius 2 is 2.05 bits per heavy atom. The Hall–Kier alpha value is -1.36. The minimum absolute atomic E-state index is 0.288. The molecule has 2 aromatic rings. The maximum absolute atomic E-state index is 12.1. The van der Waals surface area contributed by atoms with Crippen molar-refractivity contribution in [1.82, 2.24) is 14.3 Å². The highest BCUT2D eigenvalue weighted by Gasteiger charge is 2.19. The molecule has 0 spiro atoms. The third-order valence-electron chi connectivity index (χ3n) is 3.96. The maximum Gasteiger partial charge on any atom is 0.164 e. The summed E-state index contributed by atoms with van der Waals surface area (Å²) in [4.78, 5) is 12.1. The molecule has 0 aromatic carbocycles. The monoisotopic (exact) mass is 335 g/mol. The predicted molar refractivity (Wildman–Crippen MR) is 81.1 cm³/mol. The molecule has 0 aliphatic heterocycles. The summed E-state index contributed by atoms with van der Waals surface area (Å²) in [5, 5.41) is 4.41. The van der Waals surface area contributed by atoms with Gasteiger partial charge in [0.15, 0.2) is 5.78 Å². The van der Waals surface area contributed by atoms with Crippen molar-refractivity contribution in [1.29, 1.82) is 0 Å². The molecule has 0 saturated carbocycles. The van der Waals surface area contributed by atoms with Crippen molar-refractivity contribution in [2.45, 2.75) is 39.2 Å². The number of hydrogen-bond acceptors (Lipinski definition) is 2. The quantitative estimate of drug-likeness (QED) is 0.790. The van der Waals surface area contributed by atoms with Gasteiger partial charge in [-0.25, -0.2) is 0 Å². The lowest BCUT2D eigenvalue weighted by Crippen LogP contribution is -2.05. The molecule has 4 nitrogen and oxygen atoms in total. The molecule has 20 heavy (non-hydrogen) atoms. The summed E-state index contributed by atoms with van der Waals surface area (Å²) in [5.74, 6) is 0.288. The Morgan fingerprint density at radius 1 is 1.30 bits per heavy atom. The fourth-order valence-electron chi connectivity index (χ4n) is 2.86. The van der Waals surface area contributed by atoms with E-state index < -0.39 is 0 Å². The van der Waals surface area contributed by atoms with Crippen LogP contribution in [0.1, 0.15) is 46.6 Å². The molecule has 2 heterocycles. The van der Waals surface area contributed by atoms with Crippen LogP contribution in [-0.4, -0.2) is 20.1 Å². The van der Waals surface area contributed by atoms with Crippen LogP contribution >= 0.6 is 15.9 Å². The number of rotatable bonds is 2. The van der Waals surface area contributed by atoms with Crippen molar-refractivity contribution >= 4 is 21.7 Å². The van der Waals surface area contributed by atoms with Gasteiger partial charge in [0.2, 0.25) is 0 Å². The van der Waals surface area contributed by atoms with Crippen LogP contribution in [0.25, 0.3) is 0 Å². The Labute approximate surface area is 126 Å². The van der Waals surface area contributed by atoms with Crippen molar-refractivity contribution in [2.24, 2.45) is 7.05 Å². The van der Waals surface area contributed by atoms with E-state index in [1.807, 2.05) is 24.9 Å². The molecule has 1 aliphatic carbocycles. The van der Waals surface area contributed by atoms with Crippen LogP contribution in [0, 0.1) is 6.92 Å². The highest BCUT2D eigenvalue weighted by atomic mass is 79.9. The predicted octanol–water partition coefficient (Wildman–Crippen LogP) is 3.25. The van der Waals surface area contributed by atoms with Crippen LogP contribution in [0.5, 0.6) is 0 Å². The number of hydrogen-bond donors (Lipinski definition) is 0. The van der Waals surface area contributed by atoms with E-state index in [9.17, 15) is 4.79 Å². The molecule has 0 radical (unpaired) electrons. The van der Waals surface area contributed by atoms with Crippen molar-refractivity contribution in [3.63, 3.8) is 0 Å².